The van der Waals surface area contributed by atoms with Crippen molar-refractivity contribution in [3.05, 3.63) is 105 Å². The van der Waals surface area contributed by atoms with E-state index in [1.54, 1.807) is 17.0 Å². The molecule has 0 saturated carbocycles. The summed E-state index contributed by atoms with van der Waals surface area (Å²) >= 11 is 18.2. The molecule has 3 aromatic rings. The highest BCUT2D eigenvalue weighted by atomic mass is 35.5. The Morgan fingerprint density at radius 1 is 0.919 bits per heavy atom. The van der Waals surface area contributed by atoms with Crippen molar-refractivity contribution in [1.82, 2.24) is 9.80 Å². The van der Waals surface area contributed by atoms with E-state index in [1.165, 1.54) is 0 Å². The van der Waals surface area contributed by atoms with Crippen molar-refractivity contribution < 1.29 is 9.53 Å². The van der Waals surface area contributed by atoms with Gasteiger partial charge in [-0.1, -0.05) is 82.9 Å². The summed E-state index contributed by atoms with van der Waals surface area (Å²) in [5.41, 5.74) is 2.64. The summed E-state index contributed by atoms with van der Waals surface area (Å²) in [6.07, 6.45) is 4.85. The first-order valence-electron chi connectivity index (χ1n) is 11.8. The molecule has 1 amide bonds. The fourth-order valence-electron chi connectivity index (χ4n) is 3.74. The summed E-state index contributed by atoms with van der Waals surface area (Å²) in [4.78, 5) is 15.9. The van der Waals surface area contributed by atoms with Crippen LogP contribution in [0.3, 0.4) is 0 Å². The molecule has 0 spiro atoms. The maximum Gasteiger partial charge on any atom is 0.409 e. The molecule has 190 valence electrons. The van der Waals surface area contributed by atoms with Crippen LogP contribution in [0.25, 0.3) is 0 Å². The number of nitrogens with zero attached hydrogens (tertiary/aromatic N) is 2. The second kappa shape index (κ2) is 14.6. The number of rotatable bonds is 3. The summed E-state index contributed by atoms with van der Waals surface area (Å²) in [5.74, 6) is 9.06. The van der Waals surface area contributed by atoms with E-state index in [2.05, 4.69) is 22.7 Å². The van der Waals surface area contributed by atoms with E-state index >= 15 is 0 Å². The smallest absolute Gasteiger partial charge is 0.409 e. The van der Waals surface area contributed by atoms with Crippen LogP contribution in [0.2, 0.25) is 15.1 Å². The van der Waals surface area contributed by atoms with Gasteiger partial charge in [-0.25, -0.2) is 4.79 Å². The van der Waals surface area contributed by atoms with E-state index in [1.807, 2.05) is 67.6 Å². The van der Waals surface area contributed by atoms with Crippen LogP contribution in [0.4, 0.5) is 4.79 Å². The Kier molecular flexibility index (Phi) is 11.2. The topological polar surface area (TPSA) is 32.8 Å². The molecule has 4 nitrogen and oxygen atoms in total. The molecule has 1 unspecified atom stereocenters. The Hall–Kier alpha value is -3.12. The molecule has 3 aromatic carbocycles. The van der Waals surface area contributed by atoms with Crippen LogP contribution in [0.1, 0.15) is 29.7 Å². The Morgan fingerprint density at radius 2 is 1.54 bits per heavy atom. The van der Waals surface area contributed by atoms with Crippen molar-refractivity contribution in [2.24, 2.45) is 0 Å². The molecule has 0 bridgehead atoms. The molecule has 1 fully saturated rings. The number of halogens is 3. The van der Waals surface area contributed by atoms with Crippen molar-refractivity contribution in [3.63, 3.8) is 0 Å². The Bertz CT molecular complexity index is 1300. The summed E-state index contributed by atoms with van der Waals surface area (Å²) in [5, 5.41) is 2.02. The number of amides is 1. The van der Waals surface area contributed by atoms with Crippen LogP contribution in [-0.2, 0) is 4.74 Å². The molecular weight excluding hydrogens is 527 g/mol. The highest BCUT2D eigenvalue weighted by Gasteiger charge is 2.27. The van der Waals surface area contributed by atoms with Gasteiger partial charge >= 0.3 is 6.09 Å². The van der Waals surface area contributed by atoms with Gasteiger partial charge < -0.3 is 9.64 Å². The van der Waals surface area contributed by atoms with Gasteiger partial charge in [0, 0.05) is 52.4 Å². The van der Waals surface area contributed by atoms with Gasteiger partial charge in [0.1, 0.15) is 0 Å². The largest absolute Gasteiger partial charge is 0.450 e. The lowest BCUT2D eigenvalue weighted by Gasteiger charge is -2.37. The van der Waals surface area contributed by atoms with Crippen LogP contribution >= 0.6 is 34.8 Å². The molecule has 1 heterocycles. The third kappa shape index (κ3) is 8.74. The van der Waals surface area contributed by atoms with Crippen LogP contribution in [0, 0.1) is 24.2 Å². The summed E-state index contributed by atoms with van der Waals surface area (Å²) in [6, 6.07) is 22.3. The quantitative estimate of drug-likeness (QED) is 0.322. The van der Waals surface area contributed by atoms with Crippen LogP contribution in [0.15, 0.2) is 72.8 Å². The molecule has 7 heteroatoms. The van der Waals surface area contributed by atoms with E-state index in [-0.39, 0.29) is 12.1 Å². The number of hydrogen-bond acceptors (Lipinski definition) is 3. The van der Waals surface area contributed by atoms with Gasteiger partial charge in [-0.05, 0) is 55.0 Å². The first kappa shape index (κ1) is 28.5. The minimum atomic E-state index is -0.263. The minimum absolute atomic E-state index is 0.169. The number of carbonyl (C=O) groups is 1. The van der Waals surface area contributed by atoms with Gasteiger partial charge in [0.25, 0.3) is 0 Å². The number of terminal acetylenes is 1. The van der Waals surface area contributed by atoms with Gasteiger partial charge in [0.15, 0.2) is 0 Å². The van der Waals surface area contributed by atoms with Gasteiger partial charge in [-0.15, -0.1) is 6.42 Å². The summed E-state index contributed by atoms with van der Waals surface area (Å²) in [7, 11) is 0. The molecule has 0 N–H and O–H groups in total. The van der Waals surface area contributed by atoms with Crippen molar-refractivity contribution >= 4 is 40.9 Å². The molecule has 1 aliphatic rings. The van der Waals surface area contributed by atoms with Crippen LogP contribution < -0.4 is 0 Å². The maximum absolute atomic E-state index is 12.0. The third-order valence-corrected chi connectivity index (χ3v) is 6.39. The van der Waals surface area contributed by atoms with Crippen molar-refractivity contribution in [2.75, 3.05) is 32.8 Å². The number of carbonyl (C=O) groups excluding carboxylic acids is 1. The normalized spacial score (nSPS) is 13.8. The molecule has 0 radical (unpaired) electrons. The second-order valence-corrected chi connectivity index (χ2v) is 9.36. The lowest BCUT2D eigenvalue weighted by Crippen LogP contribution is -2.49. The van der Waals surface area contributed by atoms with Crippen LogP contribution in [-0.4, -0.2) is 48.7 Å². The summed E-state index contributed by atoms with van der Waals surface area (Å²) in [6.45, 7) is 4.77. The molecule has 0 aliphatic carbocycles. The average molecular weight is 554 g/mol. The van der Waals surface area contributed by atoms with Crippen molar-refractivity contribution in [3.8, 4) is 24.2 Å². The second-order valence-electron chi connectivity index (χ2n) is 8.08. The third-order valence-electron chi connectivity index (χ3n) is 5.57. The maximum atomic E-state index is 12.0. The monoisotopic (exact) mass is 552 g/mol. The molecule has 1 atom stereocenters. The number of piperazine rings is 1. The number of ether oxygens (including phenoxy) is 1. The first-order chi connectivity index (χ1) is 17.9. The highest BCUT2D eigenvalue weighted by Crippen LogP contribution is 2.28. The van der Waals surface area contributed by atoms with Crippen LogP contribution in [0.5, 0.6) is 0 Å². The SMILES string of the molecule is C#Cc1cccc(Cl)c1.CCOC(=O)N1CCN(C(C#Cc2cccc(Cl)c2)c2ccccc2Cl)CC1. The summed E-state index contributed by atoms with van der Waals surface area (Å²) < 4.78 is 5.10. The first-order valence-corrected chi connectivity index (χ1v) is 12.9. The Balaban J connectivity index is 0.000000356. The average Bonchev–Trinajstić information content (AvgIpc) is 2.90. The molecule has 1 saturated heterocycles. The number of hydrogen-bond donors (Lipinski definition) is 0. The minimum Gasteiger partial charge on any atom is -0.450 e. The molecule has 0 aromatic heterocycles. The lowest BCUT2D eigenvalue weighted by atomic mass is 10.0. The zero-order chi connectivity index (χ0) is 26.6. The molecule has 1 aliphatic heterocycles. The lowest BCUT2D eigenvalue weighted by molar-refractivity contribution is 0.0735. The highest BCUT2D eigenvalue weighted by molar-refractivity contribution is 6.31. The predicted molar refractivity (Wildman–Crippen MR) is 152 cm³/mol. The van der Waals surface area contributed by atoms with E-state index in [0.717, 1.165) is 16.7 Å². The molecule has 37 heavy (non-hydrogen) atoms. The fourth-order valence-corrected chi connectivity index (χ4v) is 4.36. The van der Waals surface area contributed by atoms with Gasteiger partial charge in [-0.2, -0.15) is 0 Å². The zero-order valence-electron chi connectivity index (χ0n) is 20.5. The van der Waals surface area contributed by atoms with Gasteiger partial charge in [-0.3, -0.25) is 4.90 Å². The van der Waals surface area contributed by atoms with E-state index in [0.29, 0.717) is 47.9 Å². The van der Waals surface area contributed by atoms with Crippen molar-refractivity contribution in [2.45, 2.75) is 13.0 Å². The van der Waals surface area contributed by atoms with Gasteiger partial charge in [0.05, 0.1) is 12.6 Å². The Labute approximate surface area is 234 Å². The standard InChI is InChI=1S/C22H22Cl2N2O2.C8H5Cl/c1-2-28-22(27)26-14-12-25(13-15-26)21(19-8-3-4-9-20(19)24)11-10-17-6-5-7-18(23)16-17;1-2-7-4-3-5-8(9)6-7/h3-9,16,21H,2,12-15H2,1H3;1,3-6H. The zero-order valence-corrected chi connectivity index (χ0v) is 22.7. The fraction of sp³-hybridized carbons (Fsp3) is 0.233. The van der Waals surface area contributed by atoms with E-state index in [9.17, 15) is 4.79 Å². The van der Waals surface area contributed by atoms with E-state index < -0.39 is 0 Å². The van der Waals surface area contributed by atoms with Crippen molar-refractivity contribution in [1.29, 1.82) is 0 Å². The molecule has 4 rings (SSSR count). The van der Waals surface area contributed by atoms with E-state index in [4.69, 9.17) is 46.0 Å². The molecular formula is C30H27Cl3N2O2. The predicted octanol–water partition coefficient (Wildman–Crippen LogP) is 7.18. The Morgan fingerprint density at radius 3 is 2.11 bits per heavy atom. The number of benzene rings is 3. The van der Waals surface area contributed by atoms with Gasteiger partial charge in [0.2, 0.25) is 0 Å².